The summed E-state index contributed by atoms with van der Waals surface area (Å²) in [5, 5.41) is 7.65. The Labute approximate surface area is 161 Å². The molecule has 7 nitrogen and oxygen atoms in total. The SMILES string of the molecule is CC(C)(C)c1cc(=O)n2c(n1)SCC(C(=O)Nc1onc3c1CCCC3)C2. The van der Waals surface area contributed by atoms with Crippen LogP contribution in [0.15, 0.2) is 20.5 Å². The second-order valence-electron chi connectivity index (χ2n) is 8.26. The van der Waals surface area contributed by atoms with E-state index in [0.29, 0.717) is 23.3 Å². The van der Waals surface area contributed by atoms with Gasteiger partial charge >= 0.3 is 0 Å². The van der Waals surface area contributed by atoms with Gasteiger partial charge in [-0.1, -0.05) is 37.7 Å². The lowest BCUT2D eigenvalue weighted by molar-refractivity contribution is -0.119. The lowest BCUT2D eigenvalue weighted by atomic mass is 9.92. The van der Waals surface area contributed by atoms with Gasteiger partial charge in [0.25, 0.3) is 5.56 Å². The Morgan fingerprint density at radius 1 is 1.33 bits per heavy atom. The van der Waals surface area contributed by atoms with Crippen LogP contribution in [0.3, 0.4) is 0 Å². The van der Waals surface area contributed by atoms with Crippen LogP contribution in [0.2, 0.25) is 0 Å². The minimum atomic E-state index is -0.313. The number of rotatable bonds is 2. The molecular weight excluding hydrogens is 364 g/mol. The van der Waals surface area contributed by atoms with Gasteiger partial charge in [-0.05, 0) is 25.7 Å². The smallest absolute Gasteiger partial charge is 0.254 e. The van der Waals surface area contributed by atoms with E-state index in [1.807, 2.05) is 20.8 Å². The standard InChI is InChI=1S/C19H24N4O3S/c1-19(2,3)14-8-15(24)23-9-11(10-27-18(23)20-14)16(25)21-17-12-6-4-5-7-13(12)22-26-17/h8,11H,4-7,9-10H2,1-3H3,(H,21,25). The van der Waals surface area contributed by atoms with Crippen LogP contribution < -0.4 is 10.9 Å². The molecule has 2 aliphatic rings. The number of hydrogen-bond acceptors (Lipinski definition) is 6. The molecule has 144 valence electrons. The highest BCUT2D eigenvalue weighted by atomic mass is 32.2. The molecule has 4 rings (SSSR count). The highest BCUT2D eigenvalue weighted by Crippen LogP contribution is 2.31. The third-order valence-corrected chi connectivity index (χ3v) is 6.26. The molecule has 0 radical (unpaired) electrons. The Bertz CT molecular complexity index is 941. The van der Waals surface area contributed by atoms with E-state index in [9.17, 15) is 9.59 Å². The molecule has 0 bridgehead atoms. The summed E-state index contributed by atoms with van der Waals surface area (Å²) in [6.07, 6.45) is 3.98. The van der Waals surface area contributed by atoms with Crippen LogP contribution in [0.25, 0.3) is 0 Å². The van der Waals surface area contributed by atoms with Crippen molar-refractivity contribution in [2.45, 2.75) is 63.6 Å². The molecule has 0 spiro atoms. The average molecular weight is 388 g/mol. The summed E-state index contributed by atoms with van der Waals surface area (Å²) in [4.78, 5) is 29.9. The number of aryl methyl sites for hydroxylation is 1. The Kier molecular flexibility index (Phi) is 4.61. The summed E-state index contributed by atoms with van der Waals surface area (Å²) in [7, 11) is 0. The number of nitrogens with zero attached hydrogens (tertiary/aromatic N) is 3. The van der Waals surface area contributed by atoms with Crippen molar-refractivity contribution in [1.29, 1.82) is 0 Å². The zero-order valence-electron chi connectivity index (χ0n) is 15.9. The molecule has 1 aliphatic heterocycles. The van der Waals surface area contributed by atoms with Crippen molar-refractivity contribution in [3.63, 3.8) is 0 Å². The van der Waals surface area contributed by atoms with Gasteiger partial charge in [0.05, 0.1) is 17.3 Å². The molecule has 0 saturated heterocycles. The molecule has 2 aromatic rings. The van der Waals surface area contributed by atoms with E-state index >= 15 is 0 Å². The Balaban J connectivity index is 1.52. The lowest BCUT2D eigenvalue weighted by Gasteiger charge is -2.26. The van der Waals surface area contributed by atoms with Crippen LogP contribution in [0.5, 0.6) is 0 Å². The molecule has 2 aromatic heterocycles. The number of carbonyl (C=O) groups is 1. The molecule has 0 fully saturated rings. The predicted molar refractivity (Wildman–Crippen MR) is 103 cm³/mol. The minimum Gasteiger partial charge on any atom is -0.338 e. The predicted octanol–water partition coefficient (Wildman–Crippen LogP) is 2.77. The topological polar surface area (TPSA) is 90.0 Å². The summed E-state index contributed by atoms with van der Waals surface area (Å²) >= 11 is 1.46. The van der Waals surface area contributed by atoms with Gasteiger partial charge in [0.1, 0.15) is 0 Å². The van der Waals surface area contributed by atoms with Gasteiger partial charge < -0.3 is 4.52 Å². The Morgan fingerprint density at radius 2 is 2.11 bits per heavy atom. The maximum Gasteiger partial charge on any atom is 0.254 e. The van der Waals surface area contributed by atoms with Gasteiger partial charge in [-0.15, -0.1) is 0 Å². The largest absolute Gasteiger partial charge is 0.338 e. The Hall–Kier alpha value is -2.09. The first-order chi connectivity index (χ1) is 12.8. The van der Waals surface area contributed by atoms with Crippen LogP contribution in [0, 0.1) is 5.92 Å². The van der Waals surface area contributed by atoms with Gasteiger partial charge in [-0.2, -0.15) is 0 Å². The number of anilines is 1. The molecule has 8 heteroatoms. The molecule has 3 heterocycles. The van der Waals surface area contributed by atoms with Crippen molar-refractivity contribution in [2.24, 2.45) is 5.92 Å². The summed E-state index contributed by atoms with van der Waals surface area (Å²) < 4.78 is 6.96. The molecule has 1 atom stereocenters. The van der Waals surface area contributed by atoms with E-state index < -0.39 is 0 Å². The Morgan fingerprint density at radius 3 is 2.89 bits per heavy atom. The maximum atomic E-state index is 12.8. The molecule has 0 saturated carbocycles. The van der Waals surface area contributed by atoms with Gasteiger partial charge in [0, 0.05) is 29.3 Å². The van der Waals surface area contributed by atoms with E-state index in [4.69, 9.17) is 4.52 Å². The van der Waals surface area contributed by atoms with E-state index in [1.54, 1.807) is 10.6 Å². The van der Waals surface area contributed by atoms with Crippen molar-refractivity contribution >= 4 is 23.6 Å². The molecule has 27 heavy (non-hydrogen) atoms. The first-order valence-corrected chi connectivity index (χ1v) is 10.3. The van der Waals surface area contributed by atoms with Crippen LogP contribution in [0.4, 0.5) is 5.88 Å². The van der Waals surface area contributed by atoms with Gasteiger partial charge in [0.15, 0.2) is 5.16 Å². The molecule has 1 aliphatic carbocycles. The highest BCUT2D eigenvalue weighted by Gasteiger charge is 2.30. The number of nitrogens with one attached hydrogen (secondary N) is 1. The second kappa shape index (κ2) is 6.82. The van der Waals surface area contributed by atoms with Gasteiger partial charge in [-0.3, -0.25) is 19.5 Å². The maximum absolute atomic E-state index is 12.8. The van der Waals surface area contributed by atoms with Crippen molar-refractivity contribution in [3.8, 4) is 0 Å². The van der Waals surface area contributed by atoms with Gasteiger partial charge in [-0.25, -0.2) is 4.98 Å². The number of amides is 1. The number of thioether (sulfide) groups is 1. The lowest BCUT2D eigenvalue weighted by Crippen LogP contribution is -2.37. The summed E-state index contributed by atoms with van der Waals surface area (Å²) in [5.41, 5.74) is 2.46. The second-order valence-corrected chi connectivity index (χ2v) is 9.25. The summed E-state index contributed by atoms with van der Waals surface area (Å²) in [6, 6.07) is 1.58. The molecule has 1 unspecified atom stereocenters. The molecule has 0 aromatic carbocycles. The van der Waals surface area contributed by atoms with Crippen LogP contribution in [-0.2, 0) is 29.6 Å². The summed E-state index contributed by atoms with van der Waals surface area (Å²) in [5.74, 6) is 0.609. The van der Waals surface area contributed by atoms with E-state index in [-0.39, 0.29) is 22.8 Å². The molecule has 1 amide bonds. The fraction of sp³-hybridized carbons (Fsp3) is 0.579. The third kappa shape index (κ3) is 3.54. The fourth-order valence-corrected chi connectivity index (χ4v) is 4.55. The van der Waals surface area contributed by atoms with Crippen LogP contribution in [0.1, 0.15) is 50.6 Å². The van der Waals surface area contributed by atoms with E-state index in [1.165, 1.54) is 11.8 Å². The normalized spacial score (nSPS) is 19.3. The average Bonchev–Trinajstić information content (AvgIpc) is 3.03. The fourth-order valence-electron chi connectivity index (χ4n) is 3.46. The van der Waals surface area contributed by atoms with E-state index in [0.717, 1.165) is 42.6 Å². The van der Waals surface area contributed by atoms with Crippen molar-refractivity contribution in [3.05, 3.63) is 33.4 Å². The number of carbonyl (C=O) groups excluding carboxylic acids is 1. The van der Waals surface area contributed by atoms with Crippen molar-refractivity contribution in [2.75, 3.05) is 11.1 Å². The van der Waals surface area contributed by atoms with Crippen LogP contribution in [-0.4, -0.2) is 26.4 Å². The zero-order valence-corrected chi connectivity index (χ0v) is 16.7. The summed E-state index contributed by atoms with van der Waals surface area (Å²) in [6.45, 7) is 6.44. The van der Waals surface area contributed by atoms with E-state index in [2.05, 4.69) is 15.5 Å². The van der Waals surface area contributed by atoms with Gasteiger partial charge in [0.2, 0.25) is 11.8 Å². The van der Waals surface area contributed by atoms with Crippen molar-refractivity contribution in [1.82, 2.24) is 14.7 Å². The third-order valence-electron chi connectivity index (χ3n) is 5.13. The minimum absolute atomic E-state index is 0.105. The number of aromatic nitrogens is 3. The highest BCUT2D eigenvalue weighted by molar-refractivity contribution is 7.99. The van der Waals surface area contributed by atoms with Crippen LogP contribution >= 0.6 is 11.8 Å². The number of fused-ring (bicyclic) bond motifs is 2. The number of hydrogen-bond donors (Lipinski definition) is 1. The first-order valence-electron chi connectivity index (χ1n) is 9.36. The monoisotopic (exact) mass is 388 g/mol. The van der Waals surface area contributed by atoms with Crippen molar-refractivity contribution < 1.29 is 9.32 Å². The zero-order chi connectivity index (χ0) is 19.2. The molecule has 1 N–H and O–H groups in total. The quantitative estimate of drug-likeness (QED) is 0.796. The molecular formula is C19H24N4O3S. The first kappa shape index (κ1) is 18.3.